The van der Waals surface area contributed by atoms with Crippen LogP contribution in [0.1, 0.15) is 153 Å². The fourth-order valence-corrected chi connectivity index (χ4v) is 4.45. The second-order valence-electron chi connectivity index (χ2n) is 13.1. The van der Waals surface area contributed by atoms with E-state index >= 15 is 0 Å². The van der Waals surface area contributed by atoms with Gasteiger partial charge in [0.1, 0.15) is 0 Å². The van der Waals surface area contributed by atoms with E-state index in [4.69, 9.17) is 19.3 Å². The van der Waals surface area contributed by atoms with Crippen molar-refractivity contribution >= 4 is 0 Å². The molecule has 206 valence electrons. The topological polar surface area (TPSA) is 47.9 Å². The molecule has 0 saturated carbocycles. The van der Waals surface area contributed by atoms with Crippen molar-refractivity contribution < 1.29 is 19.3 Å². The van der Waals surface area contributed by atoms with Crippen LogP contribution in [-0.4, -0.2) is 46.8 Å². The van der Waals surface area contributed by atoms with E-state index in [1.165, 1.54) is 44.9 Å². The Bertz CT molecular complexity index is 470. The third kappa shape index (κ3) is 21.1. The second kappa shape index (κ2) is 17.3. The number of hydrogen-bond acceptors (Lipinski definition) is 4. The zero-order valence-corrected chi connectivity index (χ0v) is 24.8. The highest BCUT2D eigenvalue weighted by Crippen LogP contribution is 2.29. The summed E-state index contributed by atoms with van der Waals surface area (Å²) in [6.45, 7) is 21.9. The minimum atomic E-state index is -0.233. The standard InChI is InChI=1S/C30H62O4/c1-11-12-13-18-21-25(32-28(2,3)4)24-27(34-30(8,9)10)26(33-29(5,6)7)22-19-16-14-15-17-20-23-31/h25-27,31H,11-24H2,1-10H3. The molecule has 0 aromatic rings. The lowest BCUT2D eigenvalue weighted by Crippen LogP contribution is -2.44. The first-order valence-corrected chi connectivity index (χ1v) is 14.3. The van der Waals surface area contributed by atoms with Crippen molar-refractivity contribution in [2.75, 3.05) is 6.61 Å². The minimum Gasteiger partial charge on any atom is -0.396 e. The first-order chi connectivity index (χ1) is 15.7. The fraction of sp³-hybridized carbons (Fsp3) is 1.00. The van der Waals surface area contributed by atoms with Gasteiger partial charge in [-0.15, -0.1) is 0 Å². The van der Waals surface area contributed by atoms with Crippen molar-refractivity contribution in [3.8, 4) is 0 Å². The summed E-state index contributed by atoms with van der Waals surface area (Å²) >= 11 is 0. The lowest BCUT2D eigenvalue weighted by molar-refractivity contribution is -0.183. The summed E-state index contributed by atoms with van der Waals surface area (Å²) in [6, 6.07) is 0. The Morgan fingerprint density at radius 1 is 0.529 bits per heavy atom. The Kier molecular flexibility index (Phi) is 17.2. The normalized spacial score (nSPS) is 16.0. The van der Waals surface area contributed by atoms with Crippen molar-refractivity contribution in [2.24, 2.45) is 0 Å². The molecular weight excluding hydrogens is 424 g/mol. The van der Waals surface area contributed by atoms with Crippen molar-refractivity contribution in [3.05, 3.63) is 0 Å². The molecule has 0 aliphatic rings. The van der Waals surface area contributed by atoms with Gasteiger partial charge in [-0.1, -0.05) is 64.7 Å². The third-order valence-corrected chi connectivity index (χ3v) is 5.72. The van der Waals surface area contributed by atoms with Gasteiger partial charge in [0.25, 0.3) is 0 Å². The van der Waals surface area contributed by atoms with Gasteiger partial charge < -0.3 is 19.3 Å². The number of unbranched alkanes of at least 4 members (excludes halogenated alkanes) is 8. The van der Waals surface area contributed by atoms with E-state index in [2.05, 4.69) is 69.2 Å². The van der Waals surface area contributed by atoms with Gasteiger partial charge in [0.15, 0.2) is 0 Å². The molecule has 0 rings (SSSR count). The molecule has 0 fully saturated rings. The van der Waals surface area contributed by atoms with E-state index in [0.717, 1.165) is 38.5 Å². The highest BCUT2D eigenvalue weighted by Gasteiger charge is 2.34. The van der Waals surface area contributed by atoms with Gasteiger partial charge in [-0.2, -0.15) is 0 Å². The molecule has 0 aliphatic heterocycles. The predicted molar refractivity (Wildman–Crippen MR) is 147 cm³/mol. The van der Waals surface area contributed by atoms with Crippen LogP contribution in [0.5, 0.6) is 0 Å². The van der Waals surface area contributed by atoms with Crippen LogP contribution in [-0.2, 0) is 14.2 Å². The minimum absolute atomic E-state index is 0.00661. The molecular formula is C30H62O4. The molecule has 1 N–H and O–H groups in total. The number of aliphatic hydroxyl groups excluding tert-OH is 1. The summed E-state index contributed by atoms with van der Waals surface area (Å²) in [5, 5.41) is 8.99. The van der Waals surface area contributed by atoms with Crippen LogP contribution in [0.3, 0.4) is 0 Å². The molecule has 0 aromatic carbocycles. The second-order valence-corrected chi connectivity index (χ2v) is 13.1. The van der Waals surface area contributed by atoms with Crippen LogP contribution in [0.15, 0.2) is 0 Å². The highest BCUT2D eigenvalue weighted by atomic mass is 16.6. The third-order valence-electron chi connectivity index (χ3n) is 5.72. The van der Waals surface area contributed by atoms with Gasteiger partial charge in [0.05, 0.1) is 35.1 Å². The van der Waals surface area contributed by atoms with E-state index < -0.39 is 0 Å². The van der Waals surface area contributed by atoms with Crippen molar-refractivity contribution in [1.82, 2.24) is 0 Å². The Hall–Kier alpha value is -0.160. The molecule has 4 heteroatoms. The van der Waals surface area contributed by atoms with E-state index in [0.29, 0.717) is 6.61 Å². The summed E-state index contributed by atoms with van der Waals surface area (Å²) in [5.74, 6) is 0. The van der Waals surface area contributed by atoms with Crippen LogP contribution < -0.4 is 0 Å². The van der Waals surface area contributed by atoms with Gasteiger partial charge in [0, 0.05) is 13.0 Å². The monoisotopic (exact) mass is 486 g/mol. The van der Waals surface area contributed by atoms with Gasteiger partial charge in [-0.05, 0) is 81.6 Å². The molecule has 3 atom stereocenters. The fourth-order valence-electron chi connectivity index (χ4n) is 4.45. The molecule has 34 heavy (non-hydrogen) atoms. The maximum atomic E-state index is 8.99. The number of rotatable bonds is 19. The molecule has 0 aromatic heterocycles. The number of aliphatic hydroxyl groups is 1. The maximum absolute atomic E-state index is 8.99. The van der Waals surface area contributed by atoms with E-state index in [-0.39, 0.29) is 35.1 Å². The molecule has 0 radical (unpaired) electrons. The van der Waals surface area contributed by atoms with Gasteiger partial charge >= 0.3 is 0 Å². The molecule has 0 bridgehead atoms. The lowest BCUT2D eigenvalue weighted by Gasteiger charge is -2.39. The smallest absolute Gasteiger partial charge is 0.0868 e. The van der Waals surface area contributed by atoms with Gasteiger partial charge in [0.2, 0.25) is 0 Å². The first-order valence-electron chi connectivity index (χ1n) is 14.3. The summed E-state index contributed by atoms with van der Waals surface area (Å²) in [6.07, 6.45) is 15.0. The zero-order chi connectivity index (χ0) is 26.3. The first kappa shape index (κ1) is 33.8. The Morgan fingerprint density at radius 2 is 0.971 bits per heavy atom. The molecule has 3 unspecified atom stereocenters. The Labute approximate surface area is 213 Å². The largest absolute Gasteiger partial charge is 0.396 e. The van der Waals surface area contributed by atoms with E-state index in [9.17, 15) is 0 Å². The SMILES string of the molecule is CCCCCCC(CC(OC(C)(C)C)C(CCCCCCCCO)OC(C)(C)C)OC(C)(C)C. The van der Waals surface area contributed by atoms with E-state index in [1.807, 2.05) is 0 Å². The Balaban J connectivity index is 5.40. The molecule has 0 heterocycles. The Morgan fingerprint density at radius 3 is 1.47 bits per heavy atom. The average Bonchev–Trinajstić information content (AvgIpc) is 2.66. The van der Waals surface area contributed by atoms with Crippen LogP contribution in [0.2, 0.25) is 0 Å². The van der Waals surface area contributed by atoms with E-state index in [1.54, 1.807) is 0 Å². The molecule has 0 spiro atoms. The molecule has 0 aliphatic carbocycles. The summed E-state index contributed by atoms with van der Waals surface area (Å²) in [7, 11) is 0. The average molecular weight is 487 g/mol. The predicted octanol–water partition coefficient (Wildman–Crippen LogP) is 8.62. The molecule has 4 nitrogen and oxygen atoms in total. The van der Waals surface area contributed by atoms with Crippen molar-refractivity contribution in [2.45, 2.75) is 188 Å². The van der Waals surface area contributed by atoms with Crippen molar-refractivity contribution in [3.63, 3.8) is 0 Å². The summed E-state index contributed by atoms with van der Waals surface area (Å²) in [4.78, 5) is 0. The summed E-state index contributed by atoms with van der Waals surface area (Å²) in [5.41, 5.74) is -0.619. The van der Waals surface area contributed by atoms with Crippen molar-refractivity contribution in [1.29, 1.82) is 0 Å². The van der Waals surface area contributed by atoms with Crippen LogP contribution in [0.4, 0.5) is 0 Å². The number of hydrogen-bond donors (Lipinski definition) is 1. The van der Waals surface area contributed by atoms with Crippen LogP contribution in [0, 0.1) is 0 Å². The van der Waals surface area contributed by atoms with Gasteiger partial charge in [-0.3, -0.25) is 0 Å². The van der Waals surface area contributed by atoms with Gasteiger partial charge in [-0.25, -0.2) is 0 Å². The van der Waals surface area contributed by atoms with Crippen LogP contribution in [0.25, 0.3) is 0 Å². The lowest BCUT2D eigenvalue weighted by atomic mass is 9.95. The quantitative estimate of drug-likeness (QED) is 0.186. The molecule has 0 amide bonds. The zero-order valence-electron chi connectivity index (χ0n) is 24.8. The molecule has 0 saturated heterocycles. The summed E-state index contributed by atoms with van der Waals surface area (Å²) < 4.78 is 19.9. The highest BCUT2D eigenvalue weighted by molar-refractivity contribution is 4.82. The maximum Gasteiger partial charge on any atom is 0.0868 e. The van der Waals surface area contributed by atoms with Crippen LogP contribution >= 0.6 is 0 Å². The number of ether oxygens (including phenoxy) is 3.